The molecule has 0 aliphatic rings. The van der Waals surface area contributed by atoms with Gasteiger partial charge in [-0.3, -0.25) is 0 Å². The Labute approximate surface area is 146 Å². The predicted octanol–water partition coefficient (Wildman–Crippen LogP) is 4.82. The van der Waals surface area contributed by atoms with E-state index >= 15 is 0 Å². The summed E-state index contributed by atoms with van der Waals surface area (Å²) in [6.45, 7) is 1.96. The van der Waals surface area contributed by atoms with Crippen LogP contribution in [0.5, 0.6) is 0 Å². The zero-order valence-corrected chi connectivity index (χ0v) is 13.9. The fourth-order valence-electron chi connectivity index (χ4n) is 2.25. The third kappa shape index (κ3) is 3.85. The van der Waals surface area contributed by atoms with E-state index in [9.17, 15) is 13.2 Å². The van der Waals surface area contributed by atoms with Crippen molar-refractivity contribution in [3.63, 3.8) is 0 Å². The standard InChI is InChI=1S/C17H13F3N4S/c1-11-3-2-4-13(9-11)15-22-23-16(25)24(15)21-10-12-5-7-14(8-6-12)17(18,19)20/h2-10H,1H3,(H,23,25)/b21-10+. The van der Waals surface area contributed by atoms with Crippen LogP contribution in [-0.2, 0) is 6.18 Å². The van der Waals surface area contributed by atoms with Crippen LogP contribution in [-0.4, -0.2) is 21.1 Å². The van der Waals surface area contributed by atoms with E-state index in [0.717, 1.165) is 23.3 Å². The Morgan fingerprint density at radius 3 is 2.52 bits per heavy atom. The van der Waals surface area contributed by atoms with Crippen LogP contribution in [0.2, 0.25) is 0 Å². The van der Waals surface area contributed by atoms with Crippen molar-refractivity contribution in [2.75, 3.05) is 0 Å². The number of nitrogens with one attached hydrogen (secondary N) is 1. The number of benzene rings is 2. The van der Waals surface area contributed by atoms with Crippen molar-refractivity contribution in [3.8, 4) is 11.4 Å². The summed E-state index contributed by atoms with van der Waals surface area (Å²) in [6, 6.07) is 12.4. The largest absolute Gasteiger partial charge is 0.416 e. The van der Waals surface area contributed by atoms with Gasteiger partial charge in [0.05, 0.1) is 11.8 Å². The maximum Gasteiger partial charge on any atom is 0.416 e. The normalized spacial score (nSPS) is 12.0. The van der Waals surface area contributed by atoms with E-state index in [1.54, 1.807) is 0 Å². The van der Waals surface area contributed by atoms with Gasteiger partial charge >= 0.3 is 6.18 Å². The molecule has 0 aliphatic carbocycles. The molecule has 25 heavy (non-hydrogen) atoms. The van der Waals surface area contributed by atoms with E-state index < -0.39 is 11.7 Å². The molecule has 1 heterocycles. The van der Waals surface area contributed by atoms with Crippen LogP contribution in [0.4, 0.5) is 13.2 Å². The van der Waals surface area contributed by atoms with Crippen LogP contribution in [0.25, 0.3) is 11.4 Å². The maximum atomic E-state index is 12.6. The summed E-state index contributed by atoms with van der Waals surface area (Å²) in [6.07, 6.45) is -2.92. The molecule has 0 unspecified atom stereocenters. The Hall–Kier alpha value is -2.74. The van der Waals surface area contributed by atoms with E-state index in [-0.39, 0.29) is 0 Å². The van der Waals surface area contributed by atoms with Gasteiger partial charge in [-0.2, -0.15) is 28.0 Å². The summed E-state index contributed by atoms with van der Waals surface area (Å²) in [5, 5.41) is 11.1. The Bertz CT molecular complexity index is 969. The van der Waals surface area contributed by atoms with Gasteiger partial charge in [-0.25, -0.2) is 5.10 Å². The fourth-order valence-corrected chi connectivity index (χ4v) is 2.43. The van der Waals surface area contributed by atoms with Gasteiger partial charge in [0.25, 0.3) is 0 Å². The first kappa shape index (κ1) is 17.1. The second-order valence-electron chi connectivity index (χ2n) is 5.40. The molecule has 1 aromatic heterocycles. The molecule has 128 valence electrons. The van der Waals surface area contributed by atoms with Crippen LogP contribution >= 0.6 is 12.2 Å². The molecular weight excluding hydrogens is 349 g/mol. The van der Waals surface area contributed by atoms with E-state index in [0.29, 0.717) is 16.2 Å². The highest BCUT2D eigenvalue weighted by Crippen LogP contribution is 2.28. The third-order valence-corrected chi connectivity index (χ3v) is 3.75. The first-order valence-electron chi connectivity index (χ1n) is 7.31. The molecule has 3 aromatic rings. The molecule has 0 aliphatic heterocycles. The van der Waals surface area contributed by atoms with Crippen LogP contribution < -0.4 is 0 Å². The number of alkyl halides is 3. The van der Waals surface area contributed by atoms with Crippen molar-refractivity contribution >= 4 is 18.4 Å². The van der Waals surface area contributed by atoms with Crippen LogP contribution in [0.3, 0.4) is 0 Å². The molecule has 8 heteroatoms. The summed E-state index contributed by atoms with van der Waals surface area (Å²) in [7, 11) is 0. The quantitative estimate of drug-likeness (QED) is 0.536. The predicted molar refractivity (Wildman–Crippen MR) is 92.0 cm³/mol. The van der Waals surface area contributed by atoms with Gasteiger partial charge in [0, 0.05) is 5.56 Å². The minimum Gasteiger partial charge on any atom is -0.250 e. The number of aryl methyl sites for hydroxylation is 1. The second-order valence-corrected chi connectivity index (χ2v) is 5.78. The average Bonchev–Trinajstić information content (AvgIpc) is 2.93. The lowest BCUT2D eigenvalue weighted by atomic mass is 10.1. The van der Waals surface area contributed by atoms with Crippen LogP contribution in [0, 0.1) is 11.7 Å². The molecule has 0 amide bonds. The van der Waals surface area contributed by atoms with Gasteiger partial charge < -0.3 is 0 Å². The van der Waals surface area contributed by atoms with E-state index in [1.165, 1.54) is 23.0 Å². The van der Waals surface area contributed by atoms with Crippen molar-refractivity contribution in [2.45, 2.75) is 13.1 Å². The fraction of sp³-hybridized carbons (Fsp3) is 0.118. The van der Waals surface area contributed by atoms with Crippen LogP contribution in [0.1, 0.15) is 16.7 Å². The highest BCUT2D eigenvalue weighted by atomic mass is 32.1. The van der Waals surface area contributed by atoms with E-state index in [1.807, 2.05) is 31.2 Å². The zero-order valence-electron chi connectivity index (χ0n) is 13.1. The Morgan fingerprint density at radius 1 is 1.16 bits per heavy atom. The lowest BCUT2D eigenvalue weighted by molar-refractivity contribution is -0.137. The number of aromatic nitrogens is 3. The molecule has 3 rings (SSSR count). The summed E-state index contributed by atoms with van der Waals surface area (Å²) in [5.74, 6) is 0.525. The van der Waals surface area contributed by atoms with Crippen molar-refractivity contribution < 1.29 is 13.2 Å². The van der Waals surface area contributed by atoms with Gasteiger partial charge in [0.15, 0.2) is 5.82 Å². The zero-order chi connectivity index (χ0) is 18.0. The molecule has 0 spiro atoms. The SMILES string of the molecule is Cc1cccc(-c2n[nH]c(=S)n2/N=C/c2ccc(C(F)(F)F)cc2)c1. The number of hydrogen-bond donors (Lipinski definition) is 1. The maximum absolute atomic E-state index is 12.6. The lowest BCUT2D eigenvalue weighted by Gasteiger charge is -2.06. The molecule has 2 aromatic carbocycles. The Balaban J connectivity index is 1.92. The molecular formula is C17H13F3N4S. The van der Waals surface area contributed by atoms with Crippen molar-refractivity contribution in [3.05, 3.63) is 70.0 Å². The monoisotopic (exact) mass is 362 g/mol. The van der Waals surface area contributed by atoms with E-state index in [4.69, 9.17) is 12.2 Å². The van der Waals surface area contributed by atoms with Gasteiger partial charge in [0.2, 0.25) is 4.77 Å². The van der Waals surface area contributed by atoms with Gasteiger partial charge in [-0.05, 0) is 42.9 Å². The lowest BCUT2D eigenvalue weighted by Crippen LogP contribution is -2.04. The number of aromatic amines is 1. The number of hydrogen-bond acceptors (Lipinski definition) is 3. The smallest absolute Gasteiger partial charge is 0.250 e. The number of halogens is 3. The average molecular weight is 362 g/mol. The van der Waals surface area contributed by atoms with E-state index in [2.05, 4.69) is 15.3 Å². The minimum atomic E-state index is -4.36. The molecule has 0 bridgehead atoms. The topological polar surface area (TPSA) is 46.0 Å². The Kier molecular flexibility index (Phi) is 4.54. The summed E-state index contributed by atoms with van der Waals surface area (Å²) < 4.78 is 39.5. The highest BCUT2D eigenvalue weighted by molar-refractivity contribution is 7.71. The van der Waals surface area contributed by atoms with Crippen LogP contribution in [0.15, 0.2) is 53.6 Å². The first-order valence-corrected chi connectivity index (χ1v) is 7.71. The van der Waals surface area contributed by atoms with Gasteiger partial charge in [0.1, 0.15) is 0 Å². The molecule has 0 saturated carbocycles. The second kappa shape index (κ2) is 6.64. The molecule has 0 saturated heterocycles. The highest BCUT2D eigenvalue weighted by Gasteiger charge is 2.29. The molecule has 1 N–H and O–H groups in total. The summed E-state index contributed by atoms with van der Waals surface area (Å²) in [5.41, 5.74) is 1.71. The summed E-state index contributed by atoms with van der Waals surface area (Å²) >= 11 is 5.17. The van der Waals surface area contributed by atoms with Gasteiger partial charge in [-0.15, -0.1) is 0 Å². The molecule has 4 nitrogen and oxygen atoms in total. The number of nitrogens with zero attached hydrogens (tertiary/aromatic N) is 3. The van der Waals surface area contributed by atoms with Crippen molar-refractivity contribution in [2.24, 2.45) is 5.10 Å². The number of rotatable bonds is 3. The number of H-pyrrole nitrogens is 1. The van der Waals surface area contributed by atoms with Crippen molar-refractivity contribution in [1.82, 2.24) is 14.9 Å². The van der Waals surface area contributed by atoms with Crippen molar-refractivity contribution in [1.29, 1.82) is 0 Å². The third-order valence-electron chi connectivity index (χ3n) is 3.49. The van der Waals surface area contributed by atoms with Gasteiger partial charge in [-0.1, -0.05) is 35.9 Å². The summed E-state index contributed by atoms with van der Waals surface area (Å²) in [4.78, 5) is 0. The molecule has 0 radical (unpaired) electrons. The molecule has 0 atom stereocenters. The minimum absolute atomic E-state index is 0.291. The Morgan fingerprint density at radius 2 is 1.88 bits per heavy atom. The first-order chi connectivity index (χ1) is 11.8. The molecule has 0 fully saturated rings.